The predicted octanol–water partition coefficient (Wildman–Crippen LogP) is 6.79. The normalized spacial score (nSPS) is 13.6. The molecule has 3 aromatic carbocycles. The molecule has 0 spiro atoms. The van der Waals surface area contributed by atoms with Crippen LogP contribution >= 0.6 is 0 Å². The van der Waals surface area contributed by atoms with Crippen LogP contribution in [0.3, 0.4) is 0 Å². The Bertz CT molecular complexity index is 903. The van der Waals surface area contributed by atoms with Crippen LogP contribution in [0.2, 0.25) is 19.1 Å². The summed E-state index contributed by atoms with van der Waals surface area (Å²) in [5.41, 5.74) is 3.93. The average Bonchev–Trinajstić information content (AvgIpc) is 2.78. The highest BCUT2D eigenvalue weighted by Gasteiger charge is 2.31. The van der Waals surface area contributed by atoms with Gasteiger partial charge in [-0.15, -0.1) is 0 Å². The van der Waals surface area contributed by atoms with Gasteiger partial charge in [0.2, 0.25) is 0 Å². The third-order valence-electron chi connectivity index (χ3n) is 6.08. The quantitative estimate of drug-likeness (QED) is 0.262. The summed E-state index contributed by atoms with van der Waals surface area (Å²) < 4.78 is 6.08. The van der Waals surface area contributed by atoms with Gasteiger partial charge < -0.3 is 4.74 Å². The fraction of sp³-hybridized carbons (Fsp3) is 0.286. The zero-order valence-corrected chi connectivity index (χ0v) is 19.6. The minimum absolute atomic E-state index is 0.0305. The van der Waals surface area contributed by atoms with E-state index in [0.29, 0.717) is 0 Å². The van der Waals surface area contributed by atoms with Crippen molar-refractivity contribution in [1.82, 2.24) is 0 Å². The van der Waals surface area contributed by atoms with Gasteiger partial charge in [0.15, 0.2) is 0 Å². The van der Waals surface area contributed by atoms with Gasteiger partial charge in [0.1, 0.15) is 0 Å². The second kappa shape index (κ2) is 10.6. The first-order valence-corrected chi connectivity index (χ1v) is 14.1. The van der Waals surface area contributed by atoms with E-state index in [4.69, 9.17) is 4.74 Å². The van der Waals surface area contributed by atoms with Crippen LogP contribution in [-0.4, -0.2) is 15.2 Å². The van der Waals surface area contributed by atoms with Crippen molar-refractivity contribution in [3.8, 4) is 0 Å². The molecule has 1 nitrogen and oxygen atoms in total. The van der Waals surface area contributed by atoms with Crippen molar-refractivity contribution in [3.63, 3.8) is 0 Å². The molecule has 2 atom stereocenters. The van der Waals surface area contributed by atoms with Gasteiger partial charge in [-0.2, -0.15) is 0 Å². The average molecular weight is 415 g/mol. The van der Waals surface area contributed by atoms with Gasteiger partial charge in [0.05, 0.1) is 14.2 Å². The van der Waals surface area contributed by atoms with E-state index >= 15 is 0 Å². The lowest BCUT2D eigenvalue weighted by Gasteiger charge is -2.32. The Morgan fingerprint density at radius 3 is 1.93 bits per heavy atom. The van der Waals surface area contributed by atoms with Crippen LogP contribution in [0.4, 0.5) is 0 Å². The summed E-state index contributed by atoms with van der Waals surface area (Å²) in [5.74, 6) is 0.285. The van der Waals surface area contributed by atoms with E-state index in [2.05, 4.69) is 111 Å². The first kappa shape index (κ1) is 22.3. The fourth-order valence-electron chi connectivity index (χ4n) is 4.40. The number of benzene rings is 3. The molecular weight excluding hydrogens is 380 g/mol. The molecule has 0 saturated carbocycles. The molecule has 0 aliphatic carbocycles. The van der Waals surface area contributed by atoms with Crippen molar-refractivity contribution in [2.24, 2.45) is 5.92 Å². The van der Waals surface area contributed by atoms with E-state index in [9.17, 15) is 0 Å². The Labute approximate surface area is 183 Å². The smallest absolute Gasteiger partial charge is 0.0886 e. The van der Waals surface area contributed by atoms with Crippen molar-refractivity contribution in [1.29, 1.82) is 0 Å². The van der Waals surface area contributed by atoms with E-state index in [1.807, 2.05) is 7.11 Å². The highest BCUT2D eigenvalue weighted by atomic mass is 28.3. The molecule has 0 N–H and O–H groups in total. The molecule has 0 aliphatic rings. The van der Waals surface area contributed by atoms with E-state index in [-0.39, 0.29) is 12.0 Å². The Hall–Kier alpha value is -2.42. The van der Waals surface area contributed by atoms with Crippen LogP contribution in [0.15, 0.2) is 103 Å². The molecule has 0 amide bonds. The van der Waals surface area contributed by atoms with Crippen LogP contribution in [0.1, 0.15) is 23.7 Å². The second-order valence-corrected chi connectivity index (χ2v) is 13.5. The van der Waals surface area contributed by atoms with E-state index in [1.165, 1.54) is 21.9 Å². The fourth-order valence-corrected chi connectivity index (χ4v) is 7.10. The molecule has 0 radical (unpaired) electrons. The molecular formula is C28H34OSi. The topological polar surface area (TPSA) is 9.23 Å². The molecule has 0 heterocycles. The predicted molar refractivity (Wildman–Crippen MR) is 132 cm³/mol. The van der Waals surface area contributed by atoms with E-state index in [1.54, 1.807) is 0 Å². The summed E-state index contributed by atoms with van der Waals surface area (Å²) in [5, 5.41) is 1.49. The van der Waals surface area contributed by atoms with Crippen molar-refractivity contribution in [2.75, 3.05) is 7.11 Å². The number of methoxy groups -OCH3 is 1. The molecule has 0 saturated heterocycles. The minimum Gasteiger partial charge on any atom is -0.376 e. The highest BCUT2D eigenvalue weighted by Crippen LogP contribution is 2.37. The maximum atomic E-state index is 6.08. The number of rotatable bonds is 10. The Balaban J connectivity index is 1.84. The first-order valence-electron chi connectivity index (χ1n) is 10.9. The number of hydrogen-bond donors (Lipinski definition) is 0. The highest BCUT2D eigenvalue weighted by molar-refractivity contribution is 6.90. The van der Waals surface area contributed by atoms with Crippen LogP contribution < -0.4 is 5.19 Å². The summed E-state index contributed by atoms with van der Waals surface area (Å²) in [4.78, 5) is 0. The van der Waals surface area contributed by atoms with Crippen LogP contribution in [0.25, 0.3) is 0 Å². The van der Waals surface area contributed by atoms with Crippen molar-refractivity contribution >= 4 is 13.3 Å². The maximum Gasteiger partial charge on any atom is 0.0886 e. The van der Waals surface area contributed by atoms with Gasteiger partial charge in [-0.25, -0.2) is 0 Å². The van der Waals surface area contributed by atoms with E-state index in [0.717, 1.165) is 18.9 Å². The van der Waals surface area contributed by atoms with Crippen molar-refractivity contribution in [3.05, 3.63) is 114 Å². The van der Waals surface area contributed by atoms with Crippen molar-refractivity contribution in [2.45, 2.75) is 38.1 Å². The summed E-state index contributed by atoms with van der Waals surface area (Å²) in [6.45, 7) is 9.53. The molecule has 30 heavy (non-hydrogen) atoms. The molecule has 3 aromatic rings. The van der Waals surface area contributed by atoms with Gasteiger partial charge in [0.25, 0.3) is 0 Å². The number of ether oxygens (including phenoxy) is 1. The minimum atomic E-state index is -1.63. The number of hydrogen-bond acceptors (Lipinski definition) is 1. The lowest BCUT2D eigenvalue weighted by atomic mass is 9.85. The first-order chi connectivity index (χ1) is 14.5. The molecule has 2 heteroatoms. The molecule has 156 valence electrons. The molecule has 0 fully saturated rings. The summed E-state index contributed by atoms with van der Waals surface area (Å²) >= 11 is 0. The monoisotopic (exact) mass is 414 g/mol. The molecule has 0 aromatic heterocycles. The molecule has 0 bridgehead atoms. The Kier molecular flexibility index (Phi) is 7.84. The van der Waals surface area contributed by atoms with Gasteiger partial charge in [-0.1, -0.05) is 121 Å². The summed E-state index contributed by atoms with van der Waals surface area (Å²) in [7, 11) is 0.205. The zero-order chi connectivity index (χ0) is 21.4. The molecule has 0 aliphatic heterocycles. The van der Waals surface area contributed by atoms with Gasteiger partial charge in [-0.05, 0) is 30.0 Å². The largest absolute Gasteiger partial charge is 0.376 e. The molecule has 0 unspecified atom stereocenters. The standard InChI is InChI=1S/C28H34OSi/c1-23(22-30(3,4)26-18-12-7-13-19-26)27(21-20-24-14-8-5-9-15-24)28(29-2)25-16-10-6-11-17-25/h5-19,27-28H,1,20-22H2,2-4H3/t27-,28-/m0/s1. The molecule has 3 rings (SSSR count). The summed E-state index contributed by atoms with van der Waals surface area (Å²) in [6, 6.07) is 33.4. The lowest BCUT2D eigenvalue weighted by molar-refractivity contribution is 0.0613. The van der Waals surface area contributed by atoms with Crippen LogP contribution in [0.5, 0.6) is 0 Å². The maximum absolute atomic E-state index is 6.08. The SMILES string of the molecule is C=C(C[Si](C)(C)c1ccccc1)[C@H](CCc1ccccc1)[C@@H](OC)c1ccccc1. The Morgan fingerprint density at radius 2 is 1.37 bits per heavy atom. The lowest BCUT2D eigenvalue weighted by Crippen LogP contribution is -2.42. The third-order valence-corrected chi connectivity index (χ3v) is 9.32. The van der Waals surface area contributed by atoms with Crippen LogP contribution in [0, 0.1) is 5.92 Å². The Morgan fingerprint density at radius 1 is 0.833 bits per heavy atom. The van der Waals surface area contributed by atoms with Crippen LogP contribution in [-0.2, 0) is 11.2 Å². The van der Waals surface area contributed by atoms with Gasteiger partial charge in [-0.3, -0.25) is 0 Å². The van der Waals surface area contributed by atoms with Gasteiger partial charge >= 0.3 is 0 Å². The number of aryl methyl sites for hydroxylation is 1. The second-order valence-electron chi connectivity index (χ2n) is 8.78. The third kappa shape index (κ3) is 5.81. The summed E-state index contributed by atoms with van der Waals surface area (Å²) in [6.07, 6.45) is 2.10. The van der Waals surface area contributed by atoms with E-state index < -0.39 is 8.07 Å². The zero-order valence-electron chi connectivity index (χ0n) is 18.6. The van der Waals surface area contributed by atoms with Crippen molar-refractivity contribution < 1.29 is 4.74 Å². The van der Waals surface area contributed by atoms with Gasteiger partial charge in [0, 0.05) is 13.0 Å².